The number of aromatic nitrogens is 1. The topological polar surface area (TPSA) is 16.1 Å². The smallest absolute Gasteiger partial charge is 0.185 e. The molecule has 0 saturated carbocycles. The van der Waals surface area contributed by atoms with E-state index in [4.69, 9.17) is 0 Å². The van der Waals surface area contributed by atoms with Crippen molar-refractivity contribution in [2.45, 2.75) is 33.6 Å². The van der Waals surface area contributed by atoms with Crippen LogP contribution in [0.1, 0.15) is 38.5 Å². The Labute approximate surface area is 91.0 Å². The Morgan fingerprint density at radius 1 is 1.36 bits per heavy atom. The second kappa shape index (κ2) is 4.78. The lowest BCUT2D eigenvalue weighted by Gasteiger charge is -2.17. The van der Waals surface area contributed by atoms with Crippen LogP contribution in [-0.4, -0.2) is 18.6 Å². The summed E-state index contributed by atoms with van der Waals surface area (Å²) in [5.74, 6) is 1.28. The van der Waals surface area contributed by atoms with E-state index < -0.39 is 0 Å². The molecule has 14 heavy (non-hydrogen) atoms. The third-order valence-corrected chi connectivity index (χ3v) is 3.46. The molecule has 80 valence electrons. The summed E-state index contributed by atoms with van der Waals surface area (Å²) in [7, 11) is 2.11. The van der Waals surface area contributed by atoms with Crippen molar-refractivity contribution in [1.29, 1.82) is 0 Å². The summed E-state index contributed by atoms with van der Waals surface area (Å²) in [5.41, 5.74) is 0. The van der Waals surface area contributed by atoms with Crippen LogP contribution in [0.4, 0.5) is 5.13 Å². The Morgan fingerprint density at radius 3 is 2.43 bits per heavy atom. The van der Waals surface area contributed by atoms with E-state index in [1.54, 1.807) is 11.3 Å². The molecule has 0 atom stereocenters. The standard InChI is InChI=1S/C11H20N2S/c1-8(2)7-13(5)11-12-6-10(14-11)9(3)4/h6,8-9H,7H2,1-5H3. The molecule has 0 aliphatic heterocycles. The fourth-order valence-electron chi connectivity index (χ4n) is 1.35. The molecular weight excluding hydrogens is 192 g/mol. The molecule has 0 saturated heterocycles. The van der Waals surface area contributed by atoms with Gasteiger partial charge >= 0.3 is 0 Å². The molecule has 1 heterocycles. The Hall–Kier alpha value is -0.570. The summed E-state index contributed by atoms with van der Waals surface area (Å²) in [6.07, 6.45) is 2.00. The maximum Gasteiger partial charge on any atom is 0.185 e. The highest BCUT2D eigenvalue weighted by Gasteiger charge is 2.09. The van der Waals surface area contributed by atoms with Crippen molar-refractivity contribution < 1.29 is 0 Å². The quantitative estimate of drug-likeness (QED) is 0.761. The van der Waals surface area contributed by atoms with E-state index in [1.807, 2.05) is 6.20 Å². The van der Waals surface area contributed by atoms with Crippen molar-refractivity contribution in [3.8, 4) is 0 Å². The van der Waals surface area contributed by atoms with Gasteiger partial charge < -0.3 is 4.90 Å². The molecule has 1 rings (SSSR count). The molecule has 0 unspecified atom stereocenters. The Morgan fingerprint density at radius 2 is 2.00 bits per heavy atom. The first kappa shape index (κ1) is 11.5. The van der Waals surface area contributed by atoms with Gasteiger partial charge in [-0.1, -0.05) is 27.7 Å². The molecule has 0 amide bonds. The molecule has 0 N–H and O–H groups in total. The highest BCUT2D eigenvalue weighted by molar-refractivity contribution is 7.15. The number of thiazole rings is 1. The molecule has 0 spiro atoms. The van der Waals surface area contributed by atoms with Crippen LogP contribution in [0.2, 0.25) is 0 Å². The summed E-state index contributed by atoms with van der Waals surface area (Å²) >= 11 is 1.81. The normalized spacial score (nSPS) is 11.4. The van der Waals surface area contributed by atoms with E-state index in [0.29, 0.717) is 11.8 Å². The third kappa shape index (κ3) is 2.98. The van der Waals surface area contributed by atoms with Gasteiger partial charge in [0.25, 0.3) is 0 Å². The predicted molar refractivity (Wildman–Crippen MR) is 64.3 cm³/mol. The molecule has 1 aromatic heterocycles. The number of nitrogens with zero attached hydrogens (tertiary/aromatic N) is 2. The van der Waals surface area contributed by atoms with Crippen molar-refractivity contribution in [1.82, 2.24) is 4.98 Å². The zero-order chi connectivity index (χ0) is 10.7. The SMILES string of the molecule is CC(C)CN(C)c1ncc(C(C)C)s1. The van der Waals surface area contributed by atoms with Gasteiger partial charge in [-0.05, 0) is 11.8 Å². The zero-order valence-electron chi connectivity index (χ0n) is 9.74. The molecule has 0 bridgehead atoms. The van der Waals surface area contributed by atoms with Crippen molar-refractivity contribution in [2.75, 3.05) is 18.5 Å². The van der Waals surface area contributed by atoms with E-state index in [0.717, 1.165) is 11.7 Å². The molecule has 0 aliphatic carbocycles. The fourth-order valence-corrected chi connectivity index (χ4v) is 2.23. The second-order valence-electron chi connectivity index (χ2n) is 4.47. The molecule has 0 fully saturated rings. The van der Waals surface area contributed by atoms with Crippen LogP contribution >= 0.6 is 11.3 Å². The maximum atomic E-state index is 4.43. The summed E-state index contributed by atoms with van der Waals surface area (Å²) in [4.78, 5) is 8.04. The average molecular weight is 212 g/mol. The first-order chi connectivity index (χ1) is 6.50. The van der Waals surface area contributed by atoms with Gasteiger partial charge in [-0.25, -0.2) is 4.98 Å². The minimum Gasteiger partial charge on any atom is -0.351 e. The van der Waals surface area contributed by atoms with E-state index in [1.165, 1.54) is 4.88 Å². The van der Waals surface area contributed by atoms with E-state index in [2.05, 4.69) is 44.6 Å². The van der Waals surface area contributed by atoms with Crippen molar-refractivity contribution in [2.24, 2.45) is 5.92 Å². The van der Waals surface area contributed by atoms with Crippen molar-refractivity contribution in [3.05, 3.63) is 11.1 Å². The van der Waals surface area contributed by atoms with Gasteiger partial charge in [0.1, 0.15) is 0 Å². The Balaban J connectivity index is 2.66. The molecule has 0 radical (unpaired) electrons. The van der Waals surface area contributed by atoms with Gasteiger partial charge in [0.2, 0.25) is 0 Å². The predicted octanol–water partition coefficient (Wildman–Crippen LogP) is 3.36. The van der Waals surface area contributed by atoms with Crippen LogP contribution in [0, 0.1) is 5.92 Å². The lowest BCUT2D eigenvalue weighted by Crippen LogP contribution is -2.22. The van der Waals surface area contributed by atoms with Crippen LogP contribution in [-0.2, 0) is 0 Å². The number of hydrogen-bond donors (Lipinski definition) is 0. The highest BCUT2D eigenvalue weighted by Crippen LogP contribution is 2.27. The van der Waals surface area contributed by atoms with Gasteiger partial charge in [-0.2, -0.15) is 0 Å². The van der Waals surface area contributed by atoms with Crippen molar-refractivity contribution >= 4 is 16.5 Å². The van der Waals surface area contributed by atoms with E-state index in [9.17, 15) is 0 Å². The molecule has 3 heteroatoms. The number of rotatable bonds is 4. The van der Waals surface area contributed by atoms with E-state index in [-0.39, 0.29) is 0 Å². The molecule has 2 nitrogen and oxygen atoms in total. The summed E-state index contributed by atoms with van der Waals surface area (Å²) in [5, 5.41) is 1.14. The van der Waals surface area contributed by atoms with E-state index >= 15 is 0 Å². The van der Waals surface area contributed by atoms with Crippen LogP contribution in [0.25, 0.3) is 0 Å². The number of hydrogen-bond acceptors (Lipinski definition) is 3. The van der Waals surface area contributed by atoms with Crippen LogP contribution in [0.15, 0.2) is 6.20 Å². The molecular formula is C11H20N2S. The monoisotopic (exact) mass is 212 g/mol. The molecule has 1 aromatic rings. The van der Waals surface area contributed by atoms with Gasteiger partial charge in [0.15, 0.2) is 5.13 Å². The van der Waals surface area contributed by atoms with Gasteiger partial charge in [0, 0.05) is 24.7 Å². The lowest BCUT2D eigenvalue weighted by atomic mass is 10.2. The molecule has 0 aromatic carbocycles. The summed E-state index contributed by atoms with van der Waals surface area (Å²) < 4.78 is 0. The van der Waals surface area contributed by atoms with Gasteiger partial charge in [-0.15, -0.1) is 11.3 Å². The highest BCUT2D eigenvalue weighted by atomic mass is 32.1. The number of anilines is 1. The Kier molecular flexibility index (Phi) is 3.93. The lowest BCUT2D eigenvalue weighted by molar-refractivity contribution is 0.637. The second-order valence-corrected chi connectivity index (χ2v) is 5.51. The van der Waals surface area contributed by atoms with Crippen molar-refractivity contribution in [3.63, 3.8) is 0 Å². The van der Waals surface area contributed by atoms with Crippen LogP contribution < -0.4 is 4.90 Å². The third-order valence-electron chi connectivity index (χ3n) is 2.05. The minimum atomic E-state index is 0.591. The maximum absolute atomic E-state index is 4.43. The first-order valence-electron chi connectivity index (χ1n) is 5.17. The summed E-state index contributed by atoms with van der Waals surface area (Å²) in [6.45, 7) is 9.95. The Bertz CT molecular complexity index is 279. The first-order valence-corrected chi connectivity index (χ1v) is 5.99. The zero-order valence-corrected chi connectivity index (χ0v) is 10.6. The van der Waals surface area contributed by atoms with Gasteiger partial charge in [-0.3, -0.25) is 0 Å². The molecule has 0 aliphatic rings. The van der Waals surface area contributed by atoms with Crippen LogP contribution in [0.3, 0.4) is 0 Å². The summed E-state index contributed by atoms with van der Waals surface area (Å²) in [6, 6.07) is 0. The van der Waals surface area contributed by atoms with Crippen LogP contribution in [0.5, 0.6) is 0 Å². The average Bonchev–Trinajstić information content (AvgIpc) is 2.50. The largest absolute Gasteiger partial charge is 0.351 e. The minimum absolute atomic E-state index is 0.591. The van der Waals surface area contributed by atoms with Gasteiger partial charge in [0.05, 0.1) is 0 Å². The fraction of sp³-hybridized carbons (Fsp3) is 0.727.